The lowest BCUT2D eigenvalue weighted by Gasteiger charge is -2.15. The molecular weight excluding hydrogens is 192 g/mol. The minimum Gasteiger partial charge on any atom is -0.393 e. The molecule has 82 valence electrons. The van der Waals surface area contributed by atoms with E-state index in [4.69, 9.17) is 5.73 Å². The van der Waals surface area contributed by atoms with Crippen molar-refractivity contribution in [2.24, 2.45) is 5.92 Å². The molecule has 5 nitrogen and oxygen atoms in total. The van der Waals surface area contributed by atoms with Gasteiger partial charge in [-0.15, -0.1) is 0 Å². The van der Waals surface area contributed by atoms with Gasteiger partial charge in [-0.05, 0) is 12.8 Å². The molecule has 1 aromatic rings. The Morgan fingerprint density at radius 2 is 2.33 bits per heavy atom. The average molecular weight is 208 g/mol. The molecule has 1 heterocycles. The van der Waals surface area contributed by atoms with Crippen molar-refractivity contribution in [1.29, 1.82) is 0 Å². The summed E-state index contributed by atoms with van der Waals surface area (Å²) in [5.41, 5.74) is 5.53. The van der Waals surface area contributed by atoms with Gasteiger partial charge in [0.05, 0.1) is 6.10 Å². The van der Waals surface area contributed by atoms with E-state index in [-0.39, 0.29) is 6.10 Å². The molecule has 0 saturated heterocycles. The Morgan fingerprint density at radius 3 is 3.00 bits per heavy atom. The van der Waals surface area contributed by atoms with Crippen LogP contribution in [-0.4, -0.2) is 27.7 Å². The molecule has 5 heteroatoms. The van der Waals surface area contributed by atoms with Gasteiger partial charge in [-0.2, -0.15) is 0 Å². The number of aliphatic hydroxyl groups excluding tert-OH is 1. The van der Waals surface area contributed by atoms with Crippen molar-refractivity contribution >= 4 is 11.6 Å². The molecular formula is C10H16N4O. The van der Waals surface area contributed by atoms with Crippen LogP contribution < -0.4 is 11.1 Å². The van der Waals surface area contributed by atoms with E-state index in [1.54, 1.807) is 6.07 Å². The zero-order valence-corrected chi connectivity index (χ0v) is 8.56. The maximum atomic E-state index is 9.62. The number of aromatic nitrogens is 2. The molecule has 0 amide bonds. The van der Waals surface area contributed by atoms with Crippen LogP contribution in [0.3, 0.4) is 0 Å². The summed E-state index contributed by atoms with van der Waals surface area (Å²) in [5, 5.41) is 12.8. The number of nitrogen functional groups attached to an aromatic ring is 1. The van der Waals surface area contributed by atoms with E-state index >= 15 is 0 Å². The van der Waals surface area contributed by atoms with Gasteiger partial charge >= 0.3 is 0 Å². The number of aliphatic hydroxyl groups is 1. The number of nitrogens with one attached hydrogen (secondary N) is 1. The highest BCUT2D eigenvalue weighted by Crippen LogP contribution is 2.25. The molecule has 2 atom stereocenters. The lowest BCUT2D eigenvalue weighted by molar-refractivity contribution is 0.138. The Bertz CT molecular complexity index is 331. The second-order valence-corrected chi connectivity index (χ2v) is 3.97. The molecule has 1 aliphatic rings. The van der Waals surface area contributed by atoms with Crippen molar-refractivity contribution in [2.45, 2.75) is 25.4 Å². The Morgan fingerprint density at radius 1 is 1.47 bits per heavy atom. The van der Waals surface area contributed by atoms with Crippen LogP contribution in [0.25, 0.3) is 0 Å². The van der Waals surface area contributed by atoms with Crippen LogP contribution in [0.15, 0.2) is 12.4 Å². The van der Waals surface area contributed by atoms with Gasteiger partial charge in [-0.3, -0.25) is 0 Å². The van der Waals surface area contributed by atoms with Crippen LogP contribution in [0.4, 0.5) is 11.6 Å². The zero-order chi connectivity index (χ0) is 10.7. The molecule has 1 saturated carbocycles. The predicted octanol–water partition coefficient (Wildman–Crippen LogP) is 0.632. The fraction of sp³-hybridized carbons (Fsp3) is 0.600. The summed E-state index contributed by atoms with van der Waals surface area (Å²) in [4.78, 5) is 7.85. The van der Waals surface area contributed by atoms with Gasteiger partial charge in [-0.25, -0.2) is 9.97 Å². The number of nitrogens with zero attached hydrogens (tertiary/aromatic N) is 2. The van der Waals surface area contributed by atoms with Crippen LogP contribution in [0.5, 0.6) is 0 Å². The van der Waals surface area contributed by atoms with Crippen LogP contribution >= 0.6 is 0 Å². The number of rotatable bonds is 3. The smallest absolute Gasteiger partial charge is 0.131 e. The Hall–Kier alpha value is -1.36. The van der Waals surface area contributed by atoms with Gasteiger partial charge in [0, 0.05) is 18.5 Å². The first kappa shape index (κ1) is 10.2. The molecule has 1 aromatic heterocycles. The van der Waals surface area contributed by atoms with Gasteiger partial charge in [-0.1, -0.05) is 6.42 Å². The topological polar surface area (TPSA) is 84.1 Å². The van der Waals surface area contributed by atoms with Gasteiger partial charge in [0.2, 0.25) is 0 Å². The molecule has 4 N–H and O–H groups in total. The van der Waals surface area contributed by atoms with Crippen LogP contribution in [0.1, 0.15) is 19.3 Å². The maximum Gasteiger partial charge on any atom is 0.131 e. The van der Waals surface area contributed by atoms with Crippen molar-refractivity contribution < 1.29 is 5.11 Å². The van der Waals surface area contributed by atoms with E-state index < -0.39 is 0 Å². The lowest BCUT2D eigenvalue weighted by Crippen LogP contribution is -2.22. The predicted molar refractivity (Wildman–Crippen MR) is 58.3 cm³/mol. The summed E-state index contributed by atoms with van der Waals surface area (Å²) in [5.74, 6) is 1.52. The monoisotopic (exact) mass is 208 g/mol. The third-order valence-electron chi connectivity index (χ3n) is 2.85. The standard InChI is InChI=1S/C10H16N4O/c11-9-4-10(14-6-13-9)12-5-7-2-1-3-8(7)15/h4,6-8,15H,1-3,5H2,(H3,11,12,13,14). The first-order valence-corrected chi connectivity index (χ1v) is 5.25. The van der Waals surface area contributed by atoms with E-state index in [0.717, 1.165) is 31.6 Å². The third kappa shape index (κ3) is 2.56. The van der Waals surface area contributed by atoms with Crippen molar-refractivity contribution in [1.82, 2.24) is 9.97 Å². The molecule has 1 aliphatic carbocycles. The van der Waals surface area contributed by atoms with Crippen molar-refractivity contribution in [3.63, 3.8) is 0 Å². The maximum absolute atomic E-state index is 9.62. The normalized spacial score (nSPS) is 25.4. The summed E-state index contributed by atoms with van der Waals surface area (Å²) in [6.07, 6.45) is 4.37. The molecule has 1 fully saturated rings. The fourth-order valence-electron chi connectivity index (χ4n) is 1.96. The number of hydrogen-bond acceptors (Lipinski definition) is 5. The minimum atomic E-state index is -0.170. The van der Waals surface area contributed by atoms with Crippen LogP contribution in [0.2, 0.25) is 0 Å². The van der Waals surface area contributed by atoms with Gasteiger partial charge in [0.25, 0.3) is 0 Å². The SMILES string of the molecule is Nc1cc(NCC2CCCC2O)ncn1. The van der Waals surface area contributed by atoms with E-state index in [1.807, 2.05) is 0 Å². The van der Waals surface area contributed by atoms with E-state index in [0.29, 0.717) is 11.7 Å². The first-order valence-electron chi connectivity index (χ1n) is 5.25. The van der Waals surface area contributed by atoms with Crippen molar-refractivity contribution in [2.75, 3.05) is 17.6 Å². The largest absolute Gasteiger partial charge is 0.393 e. The van der Waals surface area contributed by atoms with Gasteiger partial charge < -0.3 is 16.2 Å². The molecule has 0 spiro atoms. The molecule has 0 bridgehead atoms. The van der Waals surface area contributed by atoms with Crippen LogP contribution in [0, 0.1) is 5.92 Å². The molecule has 15 heavy (non-hydrogen) atoms. The Balaban J connectivity index is 1.87. The van der Waals surface area contributed by atoms with E-state index in [9.17, 15) is 5.11 Å². The van der Waals surface area contributed by atoms with Gasteiger partial charge in [0.1, 0.15) is 18.0 Å². The lowest BCUT2D eigenvalue weighted by atomic mass is 10.1. The minimum absolute atomic E-state index is 0.170. The van der Waals surface area contributed by atoms with E-state index in [2.05, 4.69) is 15.3 Å². The second-order valence-electron chi connectivity index (χ2n) is 3.97. The van der Waals surface area contributed by atoms with Crippen molar-refractivity contribution in [3.05, 3.63) is 12.4 Å². The van der Waals surface area contributed by atoms with Gasteiger partial charge in [0.15, 0.2) is 0 Å². The molecule has 2 rings (SSSR count). The third-order valence-corrected chi connectivity index (χ3v) is 2.85. The highest BCUT2D eigenvalue weighted by molar-refractivity contribution is 5.43. The van der Waals surface area contributed by atoms with Crippen LogP contribution in [-0.2, 0) is 0 Å². The quantitative estimate of drug-likeness (QED) is 0.678. The Kier molecular flexibility index (Phi) is 3.01. The Labute approximate surface area is 88.7 Å². The summed E-state index contributed by atoms with van der Waals surface area (Å²) in [6.45, 7) is 0.748. The zero-order valence-electron chi connectivity index (χ0n) is 8.56. The average Bonchev–Trinajstić information content (AvgIpc) is 2.61. The highest BCUT2D eigenvalue weighted by Gasteiger charge is 2.24. The summed E-state index contributed by atoms with van der Waals surface area (Å²) in [7, 11) is 0. The number of hydrogen-bond donors (Lipinski definition) is 3. The summed E-state index contributed by atoms with van der Waals surface area (Å²) >= 11 is 0. The summed E-state index contributed by atoms with van der Waals surface area (Å²) < 4.78 is 0. The summed E-state index contributed by atoms with van der Waals surface area (Å²) in [6, 6.07) is 1.70. The van der Waals surface area contributed by atoms with Crippen molar-refractivity contribution in [3.8, 4) is 0 Å². The molecule has 2 unspecified atom stereocenters. The fourth-order valence-corrected chi connectivity index (χ4v) is 1.96. The molecule has 0 aromatic carbocycles. The molecule has 0 aliphatic heterocycles. The number of nitrogens with two attached hydrogens (primary N) is 1. The second kappa shape index (κ2) is 4.44. The highest BCUT2D eigenvalue weighted by atomic mass is 16.3. The molecule has 0 radical (unpaired) electrons. The van der Waals surface area contributed by atoms with E-state index in [1.165, 1.54) is 6.33 Å². The first-order chi connectivity index (χ1) is 7.25. The number of anilines is 2.